The maximum atomic E-state index is 12.6. The first-order valence-corrected chi connectivity index (χ1v) is 8.19. The molecule has 1 aromatic carbocycles. The van der Waals surface area contributed by atoms with Gasteiger partial charge in [0.25, 0.3) is 11.5 Å². The van der Waals surface area contributed by atoms with Gasteiger partial charge in [0.2, 0.25) is 0 Å². The van der Waals surface area contributed by atoms with E-state index in [2.05, 4.69) is 10.3 Å². The van der Waals surface area contributed by atoms with Gasteiger partial charge in [0.1, 0.15) is 32.4 Å². The molecule has 2 heterocycles. The smallest absolute Gasteiger partial charge is 0.254 e. The van der Waals surface area contributed by atoms with Crippen LogP contribution in [0.2, 0.25) is 0 Å². The number of aromatic nitrogens is 1. The van der Waals surface area contributed by atoms with Crippen LogP contribution in [0.3, 0.4) is 0 Å². The monoisotopic (exact) mass is 372 g/mol. The van der Waals surface area contributed by atoms with Crippen molar-refractivity contribution in [2.24, 2.45) is 0 Å². The number of rotatable bonds is 9. The molecular weight excluding hydrogens is 353 g/mol. The molecule has 0 radical (unpaired) electrons. The molecule has 9 heteroatoms. The second-order valence-corrected chi connectivity index (χ2v) is 5.65. The van der Waals surface area contributed by atoms with Crippen LogP contribution in [0.25, 0.3) is 10.9 Å². The van der Waals surface area contributed by atoms with Crippen molar-refractivity contribution in [2.45, 2.75) is 12.3 Å². The van der Waals surface area contributed by atoms with Crippen molar-refractivity contribution in [1.82, 2.24) is 4.98 Å². The molecule has 1 aliphatic rings. The van der Waals surface area contributed by atoms with Crippen molar-refractivity contribution in [2.75, 3.05) is 45.2 Å². The SMILES string of the molecule is O=c1[nH]c2c(OCCF)cccc2c2c1CC(OCCF)(OCCF)N2. The largest absolute Gasteiger partial charge is 0.489 e. The number of benzene rings is 1. The van der Waals surface area contributed by atoms with Gasteiger partial charge in [-0.15, -0.1) is 0 Å². The zero-order valence-corrected chi connectivity index (χ0v) is 13.9. The molecule has 0 fully saturated rings. The van der Waals surface area contributed by atoms with E-state index in [0.29, 0.717) is 27.9 Å². The van der Waals surface area contributed by atoms with E-state index in [0.717, 1.165) is 0 Å². The first-order valence-electron chi connectivity index (χ1n) is 8.19. The Kier molecular flexibility index (Phi) is 5.67. The zero-order valence-electron chi connectivity index (χ0n) is 13.9. The lowest BCUT2D eigenvalue weighted by molar-refractivity contribution is -0.216. The highest BCUT2D eigenvalue weighted by Crippen LogP contribution is 2.38. The topological polar surface area (TPSA) is 72.6 Å². The molecular formula is C17H19F3N2O4. The number of ether oxygens (including phenoxy) is 3. The fourth-order valence-corrected chi connectivity index (χ4v) is 3.00. The Balaban J connectivity index is 2.03. The summed E-state index contributed by atoms with van der Waals surface area (Å²) in [5.74, 6) is -1.19. The van der Waals surface area contributed by atoms with Gasteiger partial charge in [-0.05, 0) is 6.07 Å². The molecule has 0 aliphatic carbocycles. The van der Waals surface area contributed by atoms with E-state index in [1.807, 2.05) is 0 Å². The molecule has 0 saturated carbocycles. The van der Waals surface area contributed by atoms with Crippen LogP contribution in [0, 0.1) is 0 Å². The number of H-pyrrole nitrogens is 1. The average Bonchev–Trinajstić information content (AvgIpc) is 3.04. The van der Waals surface area contributed by atoms with Crippen LogP contribution < -0.4 is 15.6 Å². The van der Waals surface area contributed by atoms with Gasteiger partial charge in [-0.3, -0.25) is 4.79 Å². The predicted molar refractivity (Wildman–Crippen MR) is 90.0 cm³/mol. The molecule has 142 valence electrons. The number of pyridine rings is 1. The minimum atomic E-state index is -1.52. The van der Waals surface area contributed by atoms with Crippen LogP contribution in [-0.4, -0.2) is 50.7 Å². The normalized spacial score (nSPS) is 15.0. The number of anilines is 1. The summed E-state index contributed by atoms with van der Waals surface area (Å²) in [7, 11) is 0. The molecule has 26 heavy (non-hydrogen) atoms. The lowest BCUT2D eigenvalue weighted by Crippen LogP contribution is -2.44. The Morgan fingerprint density at radius 3 is 2.38 bits per heavy atom. The van der Waals surface area contributed by atoms with Crippen molar-refractivity contribution < 1.29 is 27.4 Å². The summed E-state index contributed by atoms with van der Waals surface area (Å²) in [6.07, 6.45) is -0.0107. The number of nitrogens with one attached hydrogen (secondary N) is 2. The minimum absolute atomic E-state index is 0.0107. The van der Waals surface area contributed by atoms with Gasteiger partial charge in [0.15, 0.2) is 0 Å². The second-order valence-electron chi connectivity index (χ2n) is 5.65. The van der Waals surface area contributed by atoms with Crippen LogP contribution >= 0.6 is 0 Å². The van der Waals surface area contributed by atoms with Gasteiger partial charge < -0.3 is 24.5 Å². The third-order valence-corrected chi connectivity index (χ3v) is 3.99. The number of hydrogen-bond acceptors (Lipinski definition) is 5. The molecule has 0 unspecified atom stereocenters. The van der Waals surface area contributed by atoms with Gasteiger partial charge >= 0.3 is 0 Å². The maximum Gasteiger partial charge on any atom is 0.254 e. The van der Waals surface area contributed by atoms with Crippen LogP contribution in [0.15, 0.2) is 23.0 Å². The second kappa shape index (κ2) is 7.96. The van der Waals surface area contributed by atoms with Gasteiger partial charge in [-0.2, -0.15) is 0 Å². The first kappa shape index (κ1) is 18.5. The lowest BCUT2D eigenvalue weighted by atomic mass is 10.1. The molecule has 2 N–H and O–H groups in total. The molecule has 2 aromatic rings. The van der Waals surface area contributed by atoms with Gasteiger partial charge in [-0.25, -0.2) is 13.2 Å². The van der Waals surface area contributed by atoms with E-state index in [1.54, 1.807) is 18.2 Å². The number of fused-ring (bicyclic) bond motifs is 3. The molecule has 3 rings (SSSR count). The molecule has 0 atom stereocenters. The van der Waals surface area contributed by atoms with Crippen molar-refractivity contribution in [1.29, 1.82) is 0 Å². The van der Waals surface area contributed by atoms with Gasteiger partial charge in [-0.1, -0.05) is 12.1 Å². The third kappa shape index (κ3) is 3.49. The summed E-state index contributed by atoms with van der Waals surface area (Å²) in [4.78, 5) is 15.2. The number of aromatic amines is 1. The van der Waals surface area contributed by atoms with Crippen LogP contribution in [-0.2, 0) is 15.9 Å². The number of halogens is 3. The Bertz CT molecular complexity index is 819. The van der Waals surface area contributed by atoms with E-state index in [1.165, 1.54) is 0 Å². The lowest BCUT2D eigenvalue weighted by Gasteiger charge is -2.29. The Morgan fingerprint density at radius 1 is 1.04 bits per heavy atom. The number of hydrogen-bond donors (Lipinski definition) is 2. The highest BCUT2D eigenvalue weighted by molar-refractivity contribution is 5.97. The van der Waals surface area contributed by atoms with Crippen LogP contribution in [0.4, 0.5) is 18.9 Å². The first-order chi connectivity index (χ1) is 12.6. The fraction of sp³-hybridized carbons (Fsp3) is 0.471. The number of alkyl halides is 3. The van der Waals surface area contributed by atoms with Gasteiger partial charge in [0, 0.05) is 10.9 Å². The third-order valence-electron chi connectivity index (χ3n) is 3.99. The maximum absolute atomic E-state index is 12.6. The summed E-state index contributed by atoms with van der Waals surface area (Å²) in [6, 6.07) is 5.04. The Hall–Kier alpha value is -2.26. The molecule has 0 spiro atoms. The van der Waals surface area contributed by atoms with E-state index < -0.39 is 31.5 Å². The fourth-order valence-electron chi connectivity index (χ4n) is 3.00. The van der Waals surface area contributed by atoms with E-state index in [-0.39, 0.29) is 26.2 Å². The van der Waals surface area contributed by atoms with Crippen LogP contribution in [0.5, 0.6) is 5.75 Å². The highest BCUT2D eigenvalue weighted by Gasteiger charge is 2.42. The van der Waals surface area contributed by atoms with Crippen molar-refractivity contribution in [3.63, 3.8) is 0 Å². The highest BCUT2D eigenvalue weighted by atomic mass is 19.1. The van der Waals surface area contributed by atoms with E-state index >= 15 is 0 Å². The molecule has 1 aliphatic heterocycles. The van der Waals surface area contributed by atoms with Crippen molar-refractivity contribution >= 4 is 16.6 Å². The summed E-state index contributed by atoms with van der Waals surface area (Å²) < 4.78 is 53.7. The number of para-hydroxylation sites is 1. The van der Waals surface area contributed by atoms with E-state index in [9.17, 15) is 18.0 Å². The molecule has 0 saturated heterocycles. The summed E-state index contributed by atoms with van der Waals surface area (Å²) in [5, 5.41) is 3.56. The van der Waals surface area contributed by atoms with Crippen molar-refractivity contribution in [3.8, 4) is 5.75 Å². The Morgan fingerprint density at radius 2 is 1.73 bits per heavy atom. The summed E-state index contributed by atoms with van der Waals surface area (Å²) in [5.41, 5.74) is 0.764. The molecule has 6 nitrogen and oxygen atoms in total. The Labute approximate surface area is 147 Å². The predicted octanol–water partition coefficient (Wildman–Crippen LogP) is 2.47. The van der Waals surface area contributed by atoms with Crippen molar-refractivity contribution in [3.05, 3.63) is 34.1 Å². The standard InChI is InChI=1S/C17H19F3N2O4/c18-4-7-24-13-3-1-2-11-14-12(16(23)21-15(11)13)10-17(22-14,25-8-5-19)26-9-6-20/h1-3,22H,4-10H2,(H,21,23). The molecule has 0 amide bonds. The van der Waals surface area contributed by atoms with Crippen LogP contribution in [0.1, 0.15) is 5.56 Å². The molecule has 0 bridgehead atoms. The molecule has 1 aromatic heterocycles. The summed E-state index contributed by atoms with van der Waals surface area (Å²) in [6.45, 7) is -2.86. The van der Waals surface area contributed by atoms with Gasteiger partial charge in [0.05, 0.1) is 30.8 Å². The quantitative estimate of drug-likeness (QED) is 0.662. The van der Waals surface area contributed by atoms with E-state index in [4.69, 9.17) is 14.2 Å². The summed E-state index contributed by atoms with van der Waals surface area (Å²) >= 11 is 0. The average molecular weight is 372 g/mol. The minimum Gasteiger partial charge on any atom is -0.489 e. The zero-order chi connectivity index (χ0) is 18.6.